The molecular formula is C22H30N4O3. The standard InChI is InChI=1S/C22H30N4O3/c1-28-19-7-5-16(6-8-19)21-10-18(26-29-21)14-25-22(27)4-2-3-20-17-9-15(12-24-20)11-23-13-17/h5-8,10,15,17,20,23-24H,2-4,9,11-14H2,1H3,(H,25,27)/t15-,17+,20-/m0/s1. The highest BCUT2D eigenvalue weighted by atomic mass is 16.5. The second kappa shape index (κ2) is 9.41. The van der Waals surface area contributed by atoms with Crippen molar-refractivity contribution in [3.63, 3.8) is 0 Å². The van der Waals surface area contributed by atoms with Crippen molar-refractivity contribution in [2.45, 2.75) is 38.3 Å². The minimum absolute atomic E-state index is 0.0643. The minimum atomic E-state index is 0.0643. The monoisotopic (exact) mass is 398 g/mol. The molecule has 1 amide bonds. The van der Waals surface area contributed by atoms with Crippen molar-refractivity contribution in [2.75, 3.05) is 26.7 Å². The van der Waals surface area contributed by atoms with Crippen LogP contribution in [0, 0.1) is 11.8 Å². The Hall–Kier alpha value is -2.38. The Bertz CT molecular complexity index is 805. The molecule has 0 radical (unpaired) electrons. The molecule has 7 nitrogen and oxygen atoms in total. The van der Waals surface area contributed by atoms with E-state index in [1.165, 1.54) is 6.42 Å². The van der Waals surface area contributed by atoms with E-state index in [1.54, 1.807) is 7.11 Å². The number of piperidine rings is 2. The van der Waals surface area contributed by atoms with Crippen molar-refractivity contribution in [1.82, 2.24) is 21.1 Å². The summed E-state index contributed by atoms with van der Waals surface area (Å²) in [6.45, 7) is 3.72. The number of nitrogens with one attached hydrogen (secondary N) is 3. The number of hydrogen-bond donors (Lipinski definition) is 3. The number of fused-ring (bicyclic) bond motifs is 2. The first-order valence-electron chi connectivity index (χ1n) is 10.5. The van der Waals surface area contributed by atoms with Gasteiger partial charge in [0.05, 0.1) is 13.7 Å². The highest BCUT2D eigenvalue weighted by molar-refractivity contribution is 5.75. The summed E-state index contributed by atoms with van der Waals surface area (Å²) in [5, 5.41) is 14.2. The molecule has 2 saturated heterocycles. The van der Waals surface area contributed by atoms with Crippen LogP contribution in [0.2, 0.25) is 0 Å². The fourth-order valence-corrected chi connectivity index (χ4v) is 4.40. The van der Waals surface area contributed by atoms with Crippen LogP contribution in [-0.4, -0.2) is 43.8 Å². The van der Waals surface area contributed by atoms with E-state index < -0.39 is 0 Å². The van der Waals surface area contributed by atoms with Gasteiger partial charge in [-0.05, 0) is 75.0 Å². The van der Waals surface area contributed by atoms with Crippen LogP contribution in [0.1, 0.15) is 31.4 Å². The van der Waals surface area contributed by atoms with E-state index >= 15 is 0 Å². The van der Waals surface area contributed by atoms with Crippen LogP contribution in [-0.2, 0) is 11.3 Å². The lowest BCUT2D eigenvalue weighted by atomic mass is 9.80. The lowest BCUT2D eigenvalue weighted by Gasteiger charge is -2.41. The Morgan fingerprint density at radius 1 is 1.28 bits per heavy atom. The van der Waals surface area contributed by atoms with Gasteiger partial charge in [-0.1, -0.05) is 5.16 Å². The van der Waals surface area contributed by atoms with Gasteiger partial charge in [-0.25, -0.2) is 0 Å². The molecule has 3 atom stereocenters. The molecule has 2 aliphatic rings. The molecule has 2 bridgehead atoms. The van der Waals surface area contributed by atoms with Gasteiger partial charge in [0, 0.05) is 24.1 Å². The molecule has 4 rings (SSSR count). The SMILES string of the molecule is COc1ccc(-c2cc(CNC(=O)CCC[C@@H]3NC[C@@H]4CNC[C@H]3C4)no2)cc1. The Labute approximate surface area is 171 Å². The highest BCUT2D eigenvalue weighted by Gasteiger charge is 2.32. The van der Waals surface area contributed by atoms with E-state index in [-0.39, 0.29) is 5.91 Å². The number of benzene rings is 1. The molecule has 1 aromatic carbocycles. The topological polar surface area (TPSA) is 88.4 Å². The summed E-state index contributed by atoms with van der Waals surface area (Å²) in [5.41, 5.74) is 1.65. The third-order valence-electron chi connectivity index (χ3n) is 6.03. The zero-order valence-corrected chi connectivity index (χ0v) is 16.9. The Balaban J connectivity index is 1.18. The van der Waals surface area contributed by atoms with Crippen molar-refractivity contribution in [2.24, 2.45) is 11.8 Å². The van der Waals surface area contributed by atoms with E-state index in [1.807, 2.05) is 30.3 Å². The molecule has 156 valence electrons. The number of aromatic nitrogens is 1. The van der Waals surface area contributed by atoms with Crippen LogP contribution < -0.4 is 20.7 Å². The molecule has 0 saturated carbocycles. The van der Waals surface area contributed by atoms with E-state index in [4.69, 9.17) is 9.26 Å². The molecule has 0 aliphatic carbocycles. The third kappa shape index (κ3) is 5.16. The number of amides is 1. The van der Waals surface area contributed by atoms with Crippen LogP contribution >= 0.6 is 0 Å². The molecule has 1 aromatic heterocycles. The lowest BCUT2D eigenvalue weighted by molar-refractivity contribution is -0.121. The molecule has 7 heteroatoms. The summed E-state index contributed by atoms with van der Waals surface area (Å²) in [7, 11) is 1.64. The fraction of sp³-hybridized carbons (Fsp3) is 0.545. The van der Waals surface area contributed by atoms with Crippen LogP contribution in [0.5, 0.6) is 5.75 Å². The number of ether oxygens (including phenoxy) is 1. The summed E-state index contributed by atoms with van der Waals surface area (Å²) in [6.07, 6.45) is 3.82. The van der Waals surface area contributed by atoms with Crippen LogP contribution in [0.3, 0.4) is 0 Å². The van der Waals surface area contributed by atoms with Crippen molar-refractivity contribution < 1.29 is 14.1 Å². The summed E-state index contributed by atoms with van der Waals surface area (Å²) in [4.78, 5) is 12.2. The first kappa shape index (κ1) is 19.9. The third-order valence-corrected chi connectivity index (χ3v) is 6.03. The average Bonchev–Trinajstić information content (AvgIpc) is 3.23. The smallest absolute Gasteiger partial charge is 0.220 e. The Morgan fingerprint density at radius 2 is 2.14 bits per heavy atom. The normalized spacial score (nSPS) is 23.6. The first-order chi connectivity index (χ1) is 14.2. The second-order valence-corrected chi connectivity index (χ2v) is 8.11. The quantitative estimate of drug-likeness (QED) is 0.633. The first-order valence-corrected chi connectivity index (χ1v) is 10.5. The van der Waals surface area contributed by atoms with Gasteiger partial charge in [-0.3, -0.25) is 4.79 Å². The molecule has 2 fully saturated rings. The van der Waals surface area contributed by atoms with Gasteiger partial charge >= 0.3 is 0 Å². The minimum Gasteiger partial charge on any atom is -0.497 e. The highest BCUT2D eigenvalue weighted by Crippen LogP contribution is 2.26. The van der Waals surface area contributed by atoms with Crippen LogP contribution in [0.15, 0.2) is 34.9 Å². The summed E-state index contributed by atoms with van der Waals surface area (Å²) < 4.78 is 10.6. The average molecular weight is 399 g/mol. The predicted octanol–water partition coefficient (Wildman–Crippen LogP) is 2.33. The Morgan fingerprint density at radius 3 is 2.97 bits per heavy atom. The molecule has 0 unspecified atom stereocenters. The number of carbonyl (C=O) groups excluding carboxylic acids is 1. The van der Waals surface area contributed by atoms with Gasteiger partial charge in [-0.15, -0.1) is 0 Å². The molecule has 2 aliphatic heterocycles. The van der Waals surface area contributed by atoms with Gasteiger partial charge in [0.15, 0.2) is 5.76 Å². The number of methoxy groups -OCH3 is 1. The number of hydrogen-bond acceptors (Lipinski definition) is 6. The summed E-state index contributed by atoms with van der Waals surface area (Å²) >= 11 is 0. The van der Waals surface area contributed by atoms with E-state index in [9.17, 15) is 4.79 Å². The van der Waals surface area contributed by atoms with Gasteiger partial charge in [0.1, 0.15) is 11.4 Å². The maximum absolute atomic E-state index is 12.2. The summed E-state index contributed by atoms with van der Waals surface area (Å²) in [5.74, 6) is 3.02. The molecular weight excluding hydrogens is 368 g/mol. The molecule has 3 heterocycles. The Kier molecular flexibility index (Phi) is 6.46. The zero-order valence-electron chi connectivity index (χ0n) is 16.9. The lowest BCUT2D eigenvalue weighted by Crippen LogP contribution is -2.54. The van der Waals surface area contributed by atoms with Crippen LogP contribution in [0.25, 0.3) is 11.3 Å². The number of rotatable bonds is 8. The molecule has 29 heavy (non-hydrogen) atoms. The molecule has 0 spiro atoms. The summed E-state index contributed by atoms with van der Waals surface area (Å²) in [6, 6.07) is 10.00. The molecule has 2 aromatic rings. The number of carbonyl (C=O) groups is 1. The maximum atomic E-state index is 12.2. The zero-order chi connectivity index (χ0) is 20.1. The fourth-order valence-electron chi connectivity index (χ4n) is 4.40. The van der Waals surface area contributed by atoms with Gasteiger partial charge < -0.3 is 25.2 Å². The second-order valence-electron chi connectivity index (χ2n) is 8.11. The van der Waals surface area contributed by atoms with Gasteiger partial charge in [0.2, 0.25) is 5.91 Å². The van der Waals surface area contributed by atoms with E-state index in [0.717, 1.165) is 55.4 Å². The van der Waals surface area contributed by atoms with Crippen molar-refractivity contribution in [3.8, 4) is 17.1 Å². The van der Waals surface area contributed by atoms with E-state index in [2.05, 4.69) is 21.1 Å². The molecule has 3 N–H and O–H groups in total. The largest absolute Gasteiger partial charge is 0.497 e. The van der Waals surface area contributed by atoms with Gasteiger partial charge in [-0.2, -0.15) is 0 Å². The van der Waals surface area contributed by atoms with Gasteiger partial charge in [0.25, 0.3) is 0 Å². The van der Waals surface area contributed by atoms with Crippen molar-refractivity contribution in [1.29, 1.82) is 0 Å². The predicted molar refractivity (Wildman–Crippen MR) is 110 cm³/mol. The van der Waals surface area contributed by atoms with E-state index in [0.29, 0.717) is 30.7 Å². The van der Waals surface area contributed by atoms with Crippen molar-refractivity contribution in [3.05, 3.63) is 36.0 Å². The number of nitrogens with zero attached hydrogens (tertiary/aromatic N) is 1. The van der Waals surface area contributed by atoms with Crippen molar-refractivity contribution >= 4 is 5.91 Å². The van der Waals surface area contributed by atoms with Crippen LogP contribution in [0.4, 0.5) is 0 Å². The maximum Gasteiger partial charge on any atom is 0.220 e.